The maximum atomic E-state index is 9.14. The van der Waals surface area contributed by atoms with Crippen LogP contribution in [0.5, 0.6) is 5.75 Å². The normalized spacial score (nSPS) is 11.3. The van der Waals surface area contributed by atoms with Crippen molar-refractivity contribution in [2.45, 2.75) is 18.8 Å². The zero-order chi connectivity index (χ0) is 26.3. The number of aromatic nitrogens is 1. The van der Waals surface area contributed by atoms with Crippen molar-refractivity contribution in [3.8, 4) is 11.9 Å². The summed E-state index contributed by atoms with van der Waals surface area (Å²) < 4.78 is 11.1. The number of thioether (sulfide) groups is 1. The number of furan rings is 1. The lowest BCUT2D eigenvalue weighted by molar-refractivity contribution is 0.344. The molecule has 0 fully saturated rings. The van der Waals surface area contributed by atoms with E-state index in [1.54, 1.807) is 25.1 Å². The Morgan fingerprint density at radius 3 is 2.62 bits per heavy atom. The minimum absolute atomic E-state index is 0.472. The van der Waals surface area contributed by atoms with E-state index in [2.05, 4.69) is 42.5 Å². The van der Waals surface area contributed by atoms with Gasteiger partial charge in [-0.1, -0.05) is 18.2 Å². The molecule has 0 saturated carbocycles. The SMILES string of the molecule is COc1ccc(CN(CCNC(=NCCSCc2ccc(CN(C)C)o2)NC#N)c2ccccn2)cc1. The van der Waals surface area contributed by atoms with Crippen LogP contribution in [-0.4, -0.2) is 62.4 Å². The van der Waals surface area contributed by atoms with Crippen LogP contribution in [0.3, 0.4) is 0 Å². The molecule has 0 radical (unpaired) electrons. The van der Waals surface area contributed by atoms with Crippen LogP contribution >= 0.6 is 11.8 Å². The van der Waals surface area contributed by atoms with Gasteiger partial charge in [-0.15, -0.1) is 0 Å². The van der Waals surface area contributed by atoms with Crippen molar-refractivity contribution in [2.24, 2.45) is 4.99 Å². The number of hydrogen-bond acceptors (Lipinski definition) is 8. The topological polar surface area (TPSA) is 102 Å². The third kappa shape index (κ3) is 10.1. The Labute approximate surface area is 223 Å². The van der Waals surface area contributed by atoms with Gasteiger partial charge in [0.05, 0.1) is 26.0 Å². The van der Waals surface area contributed by atoms with Gasteiger partial charge in [-0.3, -0.25) is 10.3 Å². The predicted molar refractivity (Wildman–Crippen MR) is 150 cm³/mol. The van der Waals surface area contributed by atoms with Crippen molar-refractivity contribution >= 4 is 23.5 Å². The average Bonchev–Trinajstić information content (AvgIpc) is 3.35. The number of pyridine rings is 1. The quantitative estimate of drug-likeness (QED) is 0.108. The second kappa shape index (κ2) is 15.4. The number of nitriles is 1. The molecule has 196 valence electrons. The summed E-state index contributed by atoms with van der Waals surface area (Å²) in [5, 5.41) is 15.0. The zero-order valence-electron chi connectivity index (χ0n) is 21.7. The van der Waals surface area contributed by atoms with Crippen LogP contribution in [0.15, 0.2) is 70.2 Å². The summed E-state index contributed by atoms with van der Waals surface area (Å²) >= 11 is 1.75. The Bertz CT molecular complexity index is 1130. The van der Waals surface area contributed by atoms with E-state index in [1.807, 2.05) is 62.8 Å². The first-order chi connectivity index (χ1) is 18.1. The van der Waals surface area contributed by atoms with Crippen molar-refractivity contribution in [3.63, 3.8) is 0 Å². The van der Waals surface area contributed by atoms with Gasteiger partial charge in [0, 0.05) is 31.6 Å². The van der Waals surface area contributed by atoms with Gasteiger partial charge in [-0.25, -0.2) is 4.98 Å². The van der Waals surface area contributed by atoms with E-state index in [4.69, 9.17) is 14.4 Å². The average molecular weight is 522 g/mol. The van der Waals surface area contributed by atoms with E-state index in [9.17, 15) is 0 Å². The zero-order valence-corrected chi connectivity index (χ0v) is 22.5. The maximum Gasteiger partial charge on any atom is 0.204 e. The smallest absolute Gasteiger partial charge is 0.204 e. The van der Waals surface area contributed by atoms with E-state index in [0.717, 1.165) is 46.7 Å². The number of benzene rings is 1. The highest BCUT2D eigenvalue weighted by molar-refractivity contribution is 7.98. The molecule has 0 atom stereocenters. The molecule has 0 amide bonds. The van der Waals surface area contributed by atoms with Crippen molar-refractivity contribution in [1.29, 1.82) is 5.26 Å². The summed E-state index contributed by atoms with van der Waals surface area (Å²) in [6.07, 6.45) is 3.76. The van der Waals surface area contributed by atoms with E-state index in [1.165, 1.54) is 0 Å². The fraction of sp³-hybridized carbons (Fsp3) is 0.370. The molecule has 2 N–H and O–H groups in total. The van der Waals surface area contributed by atoms with Gasteiger partial charge >= 0.3 is 0 Å². The molecule has 0 bridgehead atoms. The van der Waals surface area contributed by atoms with Crippen LogP contribution in [0, 0.1) is 11.5 Å². The van der Waals surface area contributed by atoms with E-state index < -0.39 is 0 Å². The molecular weight excluding hydrogens is 486 g/mol. The minimum atomic E-state index is 0.472. The van der Waals surface area contributed by atoms with E-state index in [0.29, 0.717) is 32.1 Å². The summed E-state index contributed by atoms with van der Waals surface area (Å²) in [7, 11) is 5.70. The number of hydrogen-bond donors (Lipinski definition) is 2. The molecule has 9 nitrogen and oxygen atoms in total. The highest BCUT2D eigenvalue weighted by Gasteiger charge is 2.10. The summed E-state index contributed by atoms with van der Waals surface area (Å²) in [5.41, 5.74) is 1.15. The van der Waals surface area contributed by atoms with E-state index in [-0.39, 0.29) is 0 Å². The van der Waals surface area contributed by atoms with Crippen LogP contribution in [0.4, 0.5) is 5.82 Å². The molecule has 1 aromatic carbocycles. The van der Waals surface area contributed by atoms with Crippen LogP contribution in [0.1, 0.15) is 17.1 Å². The van der Waals surface area contributed by atoms with Crippen LogP contribution in [-0.2, 0) is 18.8 Å². The molecule has 0 saturated heterocycles. The number of guanidine groups is 1. The molecule has 0 spiro atoms. The third-order valence-corrected chi connectivity index (χ3v) is 6.25. The molecule has 0 aliphatic rings. The first kappa shape index (κ1) is 27.9. The van der Waals surface area contributed by atoms with Gasteiger partial charge < -0.3 is 24.3 Å². The molecule has 0 aliphatic heterocycles. The van der Waals surface area contributed by atoms with Gasteiger partial charge in [-0.05, 0) is 56.1 Å². The third-order valence-electron chi connectivity index (χ3n) is 5.29. The van der Waals surface area contributed by atoms with Crippen molar-refractivity contribution in [3.05, 3.63) is 77.9 Å². The highest BCUT2D eigenvalue weighted by atomic mass is 32.2. The van der Waals surface area contributed by atoms with Gasteiger partial charge in [0.2, 0.25) is 5.96 Å². The molecule has 10 heteroatoms. The van der Waals surface area contributed by atoms with Crippen molar-refractivity contribution in [1.82, 2.24) is 20.5 Å². The summed E-state index contributed by atoms with van der Waals surface area (Å²) in [4.78, 5) is 13.3. The molecule has 2 aromatic heterocycles. The number of aliphatic imine (C=N–C) groups is 1. The Kier molecular flexibility index (Phi) is 11.6. The van der Waals surface area contributed by atoms with E-state index >= 15 is 0 Å². The molecule has 3 aromatic rings. The Hall–Kier alpha value is -3.68. The minimum Gasteiger partial charge on any atom is -0.497 e. The van der Waals surface area contributed by atoms with Gasteiger partial charge in [0.15, 0.2) is 6.19 Å². The standard InChI is InChI=1S/C27H35N7O2S/c1-33(2)19-24-11-12-25(36-24)20-37-17-15-31-27(32-21-28)30-14-16-34(26-6-4-5-13-29-26)18-22-7-9-23(35-3)10-8-22/h4-13H,14-20H2,1-3H3,(H2,30,31,32). The lowest BCUT2D eigenvalue weighted by Crippen LogP contribution is -2.40. The Balaban J connectivity index is 1.48. The maximum absolute atomic E-state index is 9.14. The molecule has 37 heavy (non-hydrogen) atoms. The van der Waals surface area contributed by atoms with Gasteiger partial charge in [0.1, 0.15) is 23.1 Å². The van der Waals surface area contributed by atoms with Crippen molar-refractivity contribution in [2.75, 3.05) is 51.5 Å². The fourth-order valence-corrected chi connectivity index (χ4v) is 4.28. The molecule has 2 heterocycles. The number of nitrogens with one attached hydrogen (secondary N) is 2. The monoisotopic (exact) mass is 521 g/mol. The largest absolute Gasteiger partial charge is 0.497 e. The number of ether oxygens (including phenoxy) is 1. The predicted octanol–water partition coefficient (Wildman–Crippen LogP) is 3.70. The lowest BCUT2D eigenvalue weighted by atomic mass is 10.2. The lowest BCUT2D eigenvalue weighted by Gasteiger charge is -2.24. The first-order valence-electron chi connectivity index (χ1n) is 12.1. The van der Waals surface area contributed by atoms with Crippen LogP contribution in [0.25, 0.3) is 0 Å². The number of methoxy groups -OCH3 is 1. The van der Waals surface area contributed by atoms with Gasteiger partial charge in [0.25, 0.3) is 0 Å². The summed E-state index contributed by atoms with van der Waals surface area (Å²) in [6, 6.07) is 17.9. The fourth-order valence-electron chi connectivity index (χ4n) is 3.56. The number of nitrogens with zero attached hydrogens (tertiary/aromatic N) is 5. The molecular formula is C27H35N7O2S. The Morgan fingerprint density at radius 1 is 1.11 bits per heavy atom. The molecule has 0 aliphatic carbocycles. The second-order valence-corrected chi connectivity index (χ2v) is 9.62. The van der Waals surface area contributed by atoms with Crippen molar-refractivity contribution < 1.29 is 9.15 Å². The molecule has 3 rings (SSSR count). The summed E-state index contributed by atoms with van der Waals surface area (Å²) in [5.74, 6) is 5.73. The highest BCUT2D eigenvalue weighted by Crippen LogP contribution is 2.17. The number of rotatable bonds is 14. The second-order valence-electron chi connectivity index (χ2n) is 8.51. The van der Waals surface area contributed by atoms with Crippen LogP contribution < -0.4 is 20.3 Å². The van der Waals surface area contributed by atoms with Gasteiger partial charge in [-0.2, -0.15) is 17.0 Å². The number of anilines is 1. The first-order valence-corrected chi connectivity index (χ1v) is 13.2. The Morgan fingerprint density at radius 2 is 1.92 bits per heavy atom. The van der Waals surface area contributed by atoms with Crippen LogP contribution in [0.2, 0.25) is 0 Å². The molecule has 0 unspecified atom stereocenters. The summed E-state index contributed by atoms with van der Waals surface area (Å²) in [6.45, 7) is 3.34.